The molecule has 2 heterocycles. The molecule has 0 bridgehead atoms. The normalized spacial score (nSPS) is 16.0. The van der Waals surface area contributed by atoms with Crippen LogP contribution in [-0.4, -0.2) is 56.3 Å². The Morgan fingerprint density at radius 2 is 2.09 bits per heavy atom. The molecule has 1 atom stereocenters. The summed E-state index contributed by atoms with van der Waals surface area (Å²) in [5.41, 5.74) is 9.30. The van der Waals surface area contributed by atoms with Gasteiger partial charge in [0.05, 0.1) is 0 Å². The van der Waals surface area contributed by atoms with Gasteiger partial charge in [0.15, 0.2) is 16.6 Å². The smallest absolute Gasteiger partial charge is 0.526 e. The molecule has 1 aliphatic rings. The first-order valence-electron chi connectivity index (χ1n) is 9.63. The molecule has 14 heteroatoms. The number of oxime groups is 1. The lowest BCUT2D eigenvalue weighted by Crippen LogP contribution is -2.40. The molecular weight excluding hydrogens is 455 g/mol. The highest BCUT2D eigenvalue weighted by Gasteiger charge is 2.39. The van der Waals surface area contributed by atoms with Crippen LogP contribution < -0.4 is 16.1 Å². The number of amides is 1. The van der Waals surface area contributed by atoms with Crippen molar-refractivity contribution in [3.8, 4) is 11.5 Å². The fourth-order valence-corrected chi connectivity index (χ4v) is 3.62. The molecule has 1 aromatic heterocycles. The molecular formula is C19H21BN4O8S. The van der Waals surface area contributed by atoms with E-state index in [1.807, 2.05) is 0 Å². The number of aromatic hydroxyl groups is 1. The molecule has 0 saturated heterocycles. The third kappa shape index (κ3) is 5.23. The second-order valence-electron chi connectivity index (χ2n) is 7.86. The number of nitrogens with zero attached hydrogens (tertiary/aromatic N) is 2. The minimum absolute atomic E-state index is 0.0387. The van der Waals surface area contributed by atoms with Gasteiger partial charge in [-0.25, -0.2) is 9.78 Å². The van der Waals surface area contributed by atoms with Gasteiger partial charge in [0, 0.05) is 17.6 Å². The number of primary amides is 1. The number of ketones is 1. The van der Waals surface area contributed by atoms with E-state index in [0.29, 0.717) is 5.56 Å². The highest BCUT2D eigenvalue weighted by molar-refractivity contribution is 7.13. The number of aromatic nitrogens is 1. The molecule has 1 amide bonds. The lowest BCUT2D eigenvalue weighted by Gasteiger charge is -2.28. The second kappa shape index (κ2) is 9.07. The number of aromatic carboxylic acids is 1. The maximum atomic E-state index is 13.1. The Labute approximate surface area is 192 Å². The largest absolute Gasteiger partial charge is 0.535 e. The van der Waals surface area contributed by atoms with Crippen molar-refractivity contribution in [2.24, 2.45) is 10.9 Å². The molecule has 0 unspecified atom stereocenters. The highest BCUT2D eigenvalue weighted by atomic mass is 32.1. The topological polar surface area (TPSA) is 208 Å². The summed E-state index contributed by atoms with van der Waals surface area (Å²) in [6.45, 7) is 2.75. The van der Waals surface area contributed by atoms with Gasteiger partial charge in [0.1, 0.15) is 22.8 Å². The van der Waals surface area contributed by atoms with Crippen LogP contribution in [0.15, 0.2) is 22.7 Å². The highest BCUT2D eigenvalue weighted by Crippen LogP contribution is 2.38. The average Bonchev–Trinajstić information content (AvgIpc) is 3.14. The number of carboxylic acids is 1. The molecule has 0 saturated carbocycles. The van der Waals surface area contributed by atoms with E-state index >= 15 is 0 Å². The summed E-state index contributed by atoms with van der Waals surface area (Å²) >= 11 is 1.06. The van der Waals surface area contributed by atoms with Crippen LogP contribution in [0.4, 0.5) is 5.13 Å². The van der Waals surface area contributed by atoms with Crippen LogP contribution in [0.2, 0.25) is 5.82 Å². The predicted octanol–water partition coefficient (Wildman–Crippen LogP) is 0.559. The minimum atomic E-state index is -1.51. The Morgan fingerprint density at radius 1 is 1.39 bits per heavy atom. The summed E-state index contributed by atoms with van der Waals surface area (Å²) in [5.74, 6) is -3.93. The fourth-order valence-electron chi connectivity index (χ4n) is 3.07. The van der Waals surface area contributed by atoms with Gasteiger partial charge in [-0.2, -0.15) is 0 Å². The summed E-state index contributed by atoms with van der Waals surface area (Å²) in [6, 6.07) is 2.31. The van der Waals surface area contributed by atoms with Crippen LogP contribution in [0, 0.1) is 0 Å². The van der Waals surface area contributed by atoms with E-state index in [4.69, 9.17) is 21.0 Å². The zero-order valence-electron chi connectivity index (χ0n) is 17.6. The van der Waals surface area contributed by atoms with Gasteiger partial charge in [0.2, 0.25) is 5.60 Å². The molecule has 12 nitrogen and oxygen atoms in total. The lowest BCUT2D eigenvalue weighted by atomic mass is 9.64. The van der Waals surface area contributed by atoms with E-state index in [1.165, 1.54) is 25.3 Å². The Bertz CT molecular complexity index is 1150. The first-order valence-corrected chi connectivity index (χ1v) is 10.5. The predicted molar refractivity (Wildman–Crippen MR) is 118 cm³/mol. The zero-order valence-corrected chi connectivity index (χ0v) is 18.5. The number of carbonyl (C=O) groups excluding carboxylic acids is 2. The lowest BCUT2D eigenvalue weighted by molar-refractivity contribution is -0.139. The molecule has 0 spiro atoms. The van der Waals surface area contributed by atoms with Gasteiger partial charge in [-0.15, -0.1) is 11.3 Å². The number of phenolic OH excluding ortho intramolecular Hbond substituents is 1. The van der Waals surface area contributed by atoms with Crippen LogP contribution in [0.3, 0.4) is 0 Å². The van der Waals surface area contributed by atoms with E-state index in [-0.39, 0.29) is 46.4 Å². The SMILES string of the molecule is CC(C)(O/N=C(\C(=O)C[C@H]1Cc2cc(O)cc(C(=O)O)c2OB1O)c1csc(N)n1)C(N)=O. The molecule has 33 heavy (non-hydrogen) atoms. The molecule has 1 aliphatic heterocycles. The number of carbonyl (C=O) groups is 3. The van der Waals surface area contributed by atoms with Crippen LogP contribution in [0.1, 0.15) is 41.9 Å². The second-order valence-corrected chi connectivity index (χ2v) is 8.75. The Kier molecular flexibility index (Phi) is 6.60. The monoisotopic (exact) mass is 476 g/mol. The molecule has 1 aromatic carbocycles. The summed E-state index contributed by atoms with van der Waals surface area (Å²) in [7, 11) is -1.51. The molecule has 2 aromatic rings. The van der Waals surface area contributed by atoms with E-state index in [2.05, 4.69) is 10.1 Å². The third-order valence-corrected chi connectivity index (χ3v) is 5.61. The first-order chi connectivity index (χ1) is 15.4. The number of Topliss-reactive ketones (excluding diaryl/α,β-unsaturated/α-hetero) is 1. The number of rotatable bonds is 8. The van der Waals surface area contributed by atoms with Gasteiger partial charge < -0.3 is 36.2 Å². The number of anilines is 1. The maximum absolute atomic E-state index is 13.1. The molecule has 3 rings (SSSR count). The number of nitrogen functional groups attached to an aromatic ring is 1. The molecule has 0 aliphatic carbocycles. The van der Waals surface area contributed by atoms with Gasteiger partial charge in [-0.3, -0.25) is 9.59 Å². The van der Waals surface area contributed by atoms with Crippen molar-refractivity contribution in [2.75, 3.05) is 5.73 Å². The molecule has 0 fully saturated rings. The van der Waals surface area contributed by atoms with Crippen LogP contribution in [0.25, 0.3) is 0 Å². The van der Waals surface area contributed by atoms with Crippen molar-refractivity contribution in [3.05, 3.63) is 34.3 Å². The Morgan fingerprint density at radius 3 is 2.67 bits per heavy atom. The number of thiazole rings is 1. The van der Waals surface area contributed by atoms with Gasteiger partial charge in [-0.05, 0) is 38.0 Å². The van der Waals surface area contributed by atoms with Crippen molar-refractivity contribution < 1.29 is 39.1 Å². The Hall–Kier alpha value is -3.65. The van der Waals surface area contributed by atoms with E-state index in [9.17, 15) is 29.6 Å². The van der Waals surface area contributed by atoms with Crippen LogP contribution in [-0.2, 0) is 20.8 Å². The van der Waals surface area contributed by atoms with Crippen molar-refractivity contribution in [1.82, 2.24) is 4.98 Å². The van der Waals surface area contributed by atoms with Crippen LogP contribution >= 0.6 is 11.3 Å². The number of hydrogen-bond donors (Lipinski definition) is 5. The summed E-state index contributed by atoms with van der Waals surface area (Å²) in [6.07, 6.45) is -0.258. The third-order valence-electron chi connectivity index (χ3n) is 4.94. The van der Waals surface area contributed by atoms with E-state index < -0.39 is 36.2 Å². The van der Waals surface area contributed by atoms with Gasteiger partial charge >= 0.3 is 13.1 Å². The van der Waals surface area contributed by atoms with Gasteiger partial charge in [0.25, 0.3) is 5.91 Å². The molecule has 0 radical (unpaired) electrons. The summed E-state index contributed by atoms with van der Waals surface area (Å²) < 4.78 is 5.37. The van der Waals surface area contributed by atoms with Crippen molar-refractivity contribution in [2.45, 2.75) is 38.1 Å². The van der Waals surface area contributed by atoms with Gasteiger partial charge in [-0.1, -0.05) is 5.16 Å². The number of nitrogens with two attached hydrogens (primary N) is 2. The zero-order chi connectivity index (χ0) is 24.5. The molecule has 174 valence electrons. The van der Waals surface area contributed by atoms with Crippen molar-refractivity contribution >= 4 is 47.0 Å². The minimum Gasteiger partial charge on any atom is -0.535 e. The fraction of sp³-hybridized carbons (Fsp3) is 0.316. The number of carboxylic acid groups (broad SMARTS) is 1. The number of hydrogen-bond acceptors (Lipinski definition) is 11. The number of fused-ring (bicyclic) bond motifs is 1. The quantitative estimate of drug-likeness (QED) is 0.203. The van der Waals surface area contributed by atoms with E-state index in [1.54, 1.807) is 0 Å². The maximum Gasteiger partial charge on any atom is 0.526 e. The standard InChI is InChI=1S/C19H21BN4O8S/c1-19(2,17(21)29)32-24-14(12-7-33-18(22)23-12)13(26)5-9-3-8-4-10(25)6-11(16(27)28)15(8)31-20(9)30/h4,6-7,9,25,30H,3,5H2,1-2H3,(H2,21,29)(H2,22,23)(H,27,28)/b24-14-/t9-/m1/s1. The summed E-state index contributed by atoms with van der Waals surface area (Å²) in [5, 5.41) is 35.0. The Balaban J connectivity index is 1.88. The van der Waals surface area contributed by atoms with Crippen molar-refractivity contribution in [1.29, 1.82) is 0 Å². The van der Waals surface area contributed by atoms with E-state index in [0.717, 1.165) is 17.4 Å². The first kappa shape index (κ1) is 24.0. The average molecular weight is 476 g/mol. The summed E-state index contributed by atoms with van der Waals surface area (Å²) in [4.78, 5) is 45.3. The van der Waals surface area contributed by atoms with Crippen LogP contribution in [0.5, 0.6) is 11.5 Å². The molecule has 7 N–H and O–H groups in total. The van der Waals surface area contributed by atoms with Crippen molar-refractivity contribution in [3.63, 3.8) is 0 Å². The number of benzene rings is 1. The number of phenols is 1.